The van der Waals surface area contributed by atoms with Crippen molar-refractivity contribution >= 4 is 17.7 Å². The summed E-state index contributed by atoms with van der Waals surface area (Å²) >= 11 is 1.35. The number of hydrogen-bond acceptors (Lipinski definition) is 4. The molecule has 0 atom stereocenters. The number of thioether (sulfide) groups is 1. The van der Waals surface area contributed by atoms with Crippen molar-refractivity contribution in [1.82, 2.24) is 20.1 Å². The Morgan fingerprint density at radius 3 is 2.54 bits per heavy atom. The van der Waals surface area contributed by atoms with Gasteiger partial charge in [0.2, 0.25) is 5.91 Å². The first-order chi connectivity index (χ1) is 11.6. The lowest BCUT2D eigenvalue weighted by Crippen LogP contribution is -2.56. The van der Waals surface area contributed by atoms with Crippen molar-refractivity contribution in [1.29, 1.82) is 0 Å². The van der Waals surface area contributed by atoms with Crippen molar-refractivity contribution in [2.24, 2.45) is 23.7 Å². The molecule has 4 saturated carbocycles. The molecule has 2 N–H and O–H groups in total. The van der Waals surface area contributed by atoms with Gasteiger partial charge in [0.05, 0.1) is 5.75 Å². The van der Waals surface area contributed by atoms with Crippen LogP contribution in [0.15, 0.2) is 9.95 Å². The Morgan fingerprint density at radius 1 is 1.25 bits per heavy atom. The number of rotatable bonds is 6. The molecule has 0 radical (unpaired) electrons. The summed E-state index contributed by atoms with van der Waals surface area (Å²) in [6.45, 7) is 2.65. The minimum atomic E-state index is -0.194. The highest BCUT2D eigenvalue weighted by Crippen LogP contribution is 2.53. The number of carbonyl (C=O) groups excluding carboxylic acids is 1. The molecule has 6 nitrogen and oxygen atoms in total. The van der Waals surface area contributed by atoms with E-state index >= 15 is 0 Å². The molecule has 4 aliphatic rings. The number of nitrogens with zero attached hydrogens (tertiary/aromatic N) is 2. The highest BCUT2D eigenvalue weighted by atomic mass is 32.2. The van der Waals surface area contributed by atoms with Gasteiger partial charge in [0.15, 0.2) is 5.16 Å². The molecular weight excluding hydrogens is 324 g/mol. The summed E-state index contributed by atoms with van der Waals surface area (Å²) in [6, 6.07) is 0.378. The van der Waals surface area contributed by atoms with Gasteiger partial charge in [0.1, 0.15) is 0 Å². The summed E-state index contributed by atoms with van der Waals surface area (Å²) < 4.78 is 1.61. The van der Waals surface area contributed by atoms with Gasteiger partial charge >= 0.3 is 5.69 Å². The standard InChI is InChI=1S/C17H26N4O2S/c1-2-3-21-16(23)19-20-17(21)24-9-14(22)18-15-12-5-10-4-11(7-12)8-13(15)6-10/h10-13,15H,2-9H2,1H3,(H,18,22)(H,19,23). The molecule has 132 valence electrons. The first-order valence-corrected chi connectivity index (χ1v) is 10.2. The van der Waals surface area contributed by atoms with Crippen LogP contribution in [0.2, 0.25) is 0 Å². The number of aromatic amines is 1. The number of nitrogens with one attached hydrogen (secondary N) is 2. The van der Waals surface area contributed by atoms with E-state index in [1.807, 2.05) is 6.92 Å². The van der Waals surface area contributed by atoms with Crippen molar-refractivity contribution in [3.63, 3.8) is 0 Å². The highest BCUT2D eigenvalue weighted by molar-refractivity contribution is 7.99. The third-order valence-corrected chi connectivity index (χ3v) is 7.03. The Morgan fingerprint density at radius 2 is 1.92 bits per heavy atom. The Labute approximate surface area is 146 Å². The predicted molar refractivity (Wildman–Crippen MR) is 92.8 cm³/mol. The molecule has 0 spiro atoms. The van der Waals surface area contributed by atoms with Gasteiger partial charge in [0.25, 0.3) is 0 Å². The number of amides is 1. The van der Waals surface area contributed by atoms with Crippen LogP contribution >= 0.6 is 11.8 Å². The van der Waals surface area contributed by atoms with Crippen molar-refractivity contribution in [3.05, 3.63) is 10.5 Å². The molecule has 0 saturated heterocycles. The van der Waals surface area contributed by atoms with E-state index in [4.69, 9.17) is 0 Å². The Kier molecular flexibility index (Phi) is 4.45. The van der Waals surface area contributed by atoms with E-state index in [1.165, 1.54) is 43.9 Å². The minimum Gasteiger partial charge on any atom is -0.352 e. The van der Waals surface area contributed by atoms with Gasteiger partial charge in [-0.15, -0.1) is 5.10 Å². The van der Waals surface area contributed by atoms with E-state index in [2.05, 4.69) is 15.5 Å². The number of hydrogen-bond donors (Lipinski definition) is 2. The quantitative estimate of drug-likeness (QED) is 0.769. The topological polar surface area (TPSA) is 79.8 Å². The average Bonchev–Trinajstić information content (AvgIpc) is 2.89. The molecule has 1 heterocycles. The van der Waals surface area contributed by atoms with Crippen molar-refractivity contribution in [3.8, 4) is 0 Å². The molecule has 1 amide bonds. The van der Waals surface area contributed by atoms with E-state index in [0.29, 0.717) is 35.3 Å². The molecule has 7 heteroatoms. The maximum absolute atomic E-state index is 12.4. The molecule has 4 aliphatic carbocycles. The van der Waals surface area contributed by atoms with Gasteiger partial charge in [-0.05, 0) is 62.2 Å². The second kappa shape index (κ2) is 6.58. The molecule has 24 heavy (non-hydrogen) atoms. The smallest absolute Gasteiger partial charge is 0.343 e. The maximum Gasteiger partial charge on any atom is 0.343 e. The lowest BCUT2D eigenvalue weighted by molar-refractivity contribution is -0.122. The Balaban J connectivity index is 1.34. The maximum atomic E-state index is 12.4. The number of H-pyrrole nitrogens is 1. The van der Waals surface area contributed by atoms with Gasteiger partial charge in [-0.3, -0.25) is 9.36 Å². The van der Waals surface area contributed by atoms with Crippen LogP contribution in [0.5, 0.6) is 0 Å². The summed E-state index contributed by atoms with van der Waals surface area (Å²) in [5, 5.41) is 10.4. The van der Waals surface area contributed by atoms with Crippen LogP contribution in [0.1, 0.15) is 45.4 Å². The summed E-state index contributed by atoms with van der Waals surface area (Å²) in [6.07, 6.45) is 7.52. The van der Waals surface area contributed by atoms with Crippen LogP contribution in [-0.4, -0.2) is 32.5 Å². The van der Waals surface area contributed by atoms with Crippen LogP contribution < -0.4 is 11.0 Å². The first kappa shape index (κ1) is 16.2. The Hall–Kier alpha value is -1.24. The Bertz CT molecular complexity index is 640. The summed E-state index contributed by atoms with van der Waals surface area (Å²) in [7, 11) is 0. The minimum absolute atomic E-state index is 0.0796. The van der Waals surface area contributed by atoms with Crippen LogP contribution in [0.4, 0.5) is 0 Å². The molecule has 0 unspecified atom stereocenters. The monoisotopic (exact) mass is 350 g/mol. The van der Waals surface area contributed by atoms with E-state index in [9.17, 15) is 9.59 Å². The second-order valence-electron chi connectivity index (χ2n) is 7.78. The summed E-state index contributed by atoms with van der Waals surface area (Å²) in [5.74, 6) is 3.63. The third kappa shape index (κ3) is 3.03. The number of aromatic nitrogens is 3. The second-order valence-corrected chi connectivity index (χ2v) is 8.72. The third-order valence-electron chi connectivity index (χ3n) is 6.06. The van der Waals surface area contributed by atoms with E-state index in [0.717, 1.165) is 18.3 Å². The van der Waals surface area contributed by atoms with E-state index in [1.54, 1.807) is 4.57 Å². The van der Waals surface area contributed by atoms with Crippen LogP contribution in [-0.2, 0) is 11.3 Å². The first-order valence-electron chi connectivity index (χ1n) is 9.21. The molecule has 4 fully saturated rings. The van der Waals surface area contributed by atoms with Crippen molar-refractivity contribution < 1.29 is 4.79 Å². The van der Waals surface area contributed by atoms with Gasteiger partial charge < -0.3 is 5.32 Å². The lowest BCUT2D eigenvalue weighted by Gasteiger charge is -2.54. The zero-order chi connectivity index (χ0) is 16.7. The van der Waals surface area contributed by atoms with Crippen molar-refractivity contribution in [2.45, 2.75) is 63.2 Å². The fraction of sp³-hybridized carbons (Fsp3) is 0.824. The van der Waals surface area contributed by atoms with Crippen LogP contribution in [0.25, 0.3) is 0 Å². The van der Waals surface area contributed by atoms with Gasteiger partial charge in [-0.2, -0.15) is 0 Å². The highest BCUT2D eigenvalue weighted by Gasteiger charge is 2.48. The fourth-order valence-corrected chi connectivity index (χ4v) is 6.14. The van der Waals surface area contributed by atoms with Gasteiger partial charge in [-0.25, -0.2) is 9.89 Å². The van der Waals surface area contributed by atoms with Gasteiger partial charge in [-0.1, -0.05) is 18.7 Å². The molecular formula is C17H26N4O2S. The predicted octanol–water partition coefficient (Wildman–Crippen LogP) is 2.01. The molecule has 0 aliphatic heterocycles. The van der Waals surface area contributed by atoms with E-state index in [-0.39, 0.29) is 11.6 Å². The molecule has 0 aromatic carbocycles. The zero-order valence-corrected chi connectivity index (χ0v) is 15.0. The summed E-state index contributed by atoms with van der Waals surface area (Å²) in [4.78, 5) is 24.1. The van der Waals surface area contributed by atoms with Crippen molar-refractivity contribution in [2.75, 3.05) is 5.75 Å². The zero-order valence-electron chi connectivity index (χ0n) is 14.2. The van der Waals surface area contributed by atoms with Crippen LogP contribution in [0.3, 0.4) is 0 Å². The summed E-state index contributed by atoms with van der Waals surface area (Å²) in [5.41, 5.74) is -0.194. The lowest BCUT2D eigenvalue weighted by atomic mass is 9.54. The largest absolute Gasteiger partial charge is 0.352 e. The molecule has 4 bridgehead atoms. The molecule has 5 rings (SSSR count). The normalized spacial score (nSPS) is 33.8. The van der Waals surface area contributed by atoms with E-state index < -0.39 is 0 Å². The molecule has 1 aromatic rings. The molecule has 1 aromatic heterocycles. The average molecular weight is 350 g/mol. The number of carbonyl (C=O) groups is 1. The van der Waals surface area contributed by atoms with Crippen LogP contribution in [0, 0.1) is 23.7 Å². The van der Waals surface area contributed by atoms with Gasteiger partial charge in [0, 0.05) is 12.6 Å². The SMILES string of the molecule is CCCn1c(SCC(=O)NC2C3CC4CC(C3)CC2C4)n[nH]c1=O. The fourth-order valence-electron chi connectivity index (χ4n) is 5.35.